The second-order valence-electron chi connectivity index (χ2n) is 12.2. The Morgan fingerprint density at radius 3 is 1.43 bits per heavy atom. The van der Waals surface area contributed by atoms with Gasteiger partial charge in [0, 0.05) is 0 Å². The van der Waals surface area contributed by atoms with Crippen LogP contribution in [0.4, 0.5) is 0 Å². The summed E-state index contributed by atoms with van der Waals surface area (Å²) < 4.78 is 6.17. The van der Waals surface area contributed by atoms with E-state index in [1.807, 2.05) is 15.4 Å². The topological polar surface area (TPSA) is 12.0 Å². The first-order chi connectivity index (χ1) is 21.5. The van der Waals surface area contributed by atoms with E-state index in [1.54, 1.807) is 27.1 Å². The van der Waals surface area contributed by atoms with Gasteiger partial charge in [-0.2, -0.15) is 0 Å². The number of hydrogen-bond acceptors (Lipinski definition) is 1. The molecule has 3 heteroatoms. The molecule has 0 amide bonds. The maximum atomic E-state index is 4.33. The Morgan fingerprint density at radius 2 is 1.00 bits per heavy atom. The minimum absolute atomic E-state index is 0.615. The number of nitrogens with one attached hydrogen (secondary N) is 1. The standard InChI is InChI=1S/C12H11Si.C12H10.C9H13.C8H18N.Zr/c1-3-7-11(8-4-1)13-12-9-5-2-6-10-12;1-3-7-11(8-4-1)12-9-5-2-6-10-12;1-6-5-7(2)9(4)8(6)3;1-2-3-4-5-6-7-8-9;/h1-10,13H;1-10H;6H,1-4H3;9H,2-8H2,1H3;/q;;;-1;+1. The van der Waals surface area contributed by atoms with Crippen molar-refractivity contribution in [1.29, 1.82) is 0 Å². The van der Waals surface area contributed by atoms with Gasteiger partial charge in [-0.3, -0.25) is 0 Å². The summed E-state index contributed by atoms with van der Waals surface area (Å²) in [5, 5.41) is 3.25. The molecule has 5 rings (SSSR count). The average molecular weight is 678 g/mol. The molecular weight excluding hydrogens is 626 g/mol. The van der Waals surface area contributed by atoms with Gasteiger partial charge in [-0.1, -0.05) is 60.7 Å². The van der Waals surface area contributed by atoms with Gasteiger partial charge in [0.2, 0.25) is 0 Å². The third kappa shape index (κ3) is 9.46. The van der Waals surface area contributed by atoms with E-state index >= 15 is 0 Å². The second kappa shape index (κ2) is 18.4. The Balaban J connectivity index is 0.000000305. The van der Waals surface area contributed by atoms with Crippen LogP contribution in [0.5, 0.6) is 0 Å². The van der Waals surface area contributed by atoms with Crippen molar-refractivity contribution in [3.63, 3.8) is 0 Å². The molecule has 1 aliphatic rings. The fraction of sp³-hybridized carbons (Fsp3) is 0.317. The third-order valence-electron chi connectivity index (χ3n) is 9.21. The summed E-state index contributed by atoms with van der Waals surface area (Å²) in [4.78, 5) is 0. The summed E-state index contributed by atoms with van der Waals surface area (Å²) in [6.07, 6.45) is 8.20. The summed E-state index contributed by atoms with van der Waals surface area (Å²) in [6.45, 7) is 13.1. The van der Waals surface area contributed by atoms with E-state index in [9.17, 15) is 0 Å². The fourth-order valence-corrected chi connectivity index (χ4v) is 29.0. The summed E-state index contributed by atoms with van der Waals surface area (Å²) in [5.41, 5.74) is 7.33. The Hall–Kier alpha value is -2.58. The molecule has 0 saturated heterocycles. The van der Waals surface area contributed by atoms with E-state index < -0.39 is 27.1 Å². The van der Waals surface area contributed by atoms with Gasteiger partial charge in [0.05, 0.1) is 0 Å². The fourth-order valence-electron chi connectivity index (χ4n) is 6.36. The van der Waals surface area contributed by atoms with Crippen molar-refractivity contribution in [2.24, 2.45) is 5.92 Å². The second-order valence-corrected chi connectivity index (χ2v) is 26.3. The predicted molar refractivity (Wildman–Crippen MR) is 193 cm³/mol. The first kappa shape index (κ1) is 34.3. The molecule has 4 aromatic carbocycles. The van der Waals surface area contributed by atoms with Crippen molar-refractivity contribution < 1.29 is 21.2 Å². The maximum Gasteiger partial charge on any atom is -0.0184 e. The largest absolute Gasteiger partial charge is 0.0622 e. The van der Waals surface area contributed by atoms with Crippen molar-refractivity contribution in [2.45, 2.75) is 73.1 Å². The molecule has 1 unspecified atom stereocenters. The first-order valence-electron chi connectivity index (χ1n) is 16.7. The molecule has 0 saturated carbocycles. The monoisotopic (exact) mass is 676 g/mol. The molecule has 1 atom stereocenters. The van der Waals surface area contributed by atoms with Crippen LogP contribution in [0, 0.1) is 5.92 Å². The molecule has 1 nitrogen and oxygen atoms in total. The average Bonchev–Trinajstić information content (AvgIpc) is 3.27. The van der Waals surface area contributed by atoms with Crippen LogP contribution in [0.25, 0.3) is 11.1 Å². The molecule has 229 valence electrons. The number of hydrogen-bond donors (Lipinski definition) is 1. The van der Waals surface area contributed by atoms with Gasteiger partial charge in [0.15, 0.2) is 0 Å². The summed E-state index contributed by atoms with van der Waals surface area (Å²) in [6, 6.07) is 43.8. The van der Waals surface area contributed by atoms with E-state index in [2.05, 4.69) is 147 Å². The van der Waals surface area contributed by atoms with Crippen molar-refractivity contribution in [2.75, 3.05) is 6.54 Å². The van der Waals surface area contributed by atoms with E-state index in [4.69, 9.17) is 0 Å². The minimum atomic E-state index is -2.15. The van der Waals surface area contributed by atoms with Gasteiger partial charge in [-0.15, -0.1) is 0 Å². The van der Waals surface area contributed by atoms with Crippen molar-refractivity contribution in [1.82, 2.24) is 3.26 Å². The predicted octanol–water partition coefficient (Wildman–Crippen LogP) is 9.62. The van der Waals surface area contributed by atoms with Crippen molar-refractivity contribution >= 4 is 16.3 Å². The Kier molecular flexibility index (Phi) is 14.3. The summed E-state index contributed by atoms with van der Waals surface area (Å²) in [5.74, 6) is -0.704. The van der Waals surface area contributed by atoms with Gasteiger partial charge in [0.1, 0.15) is 0 Å². The molecule has 0 bridgehead atoms. The van der Waals surface area contributed by atoms with E-state index in [0.29, 0.717) is 5.92 Å². The van der Waals surface area contributed by atoms with Gasteiger partial charge in [0.25, 0.3) is 0 Å². The quantitative estimate of drug-likeness (QED) is 0.110. The molecule has 0 aliphatic heterocycles. The van der Waals surface area contributed by atoms with E-state index in [-0.39, 0.29) is 0 Å². The van der Waals surface area contributed by atoms with E-state index in [0.717, 1.165) is 0 Å². The molecule has 1 N–H and O–H groups in total. The Morgan fingerprint density at radius 1 is 0.568 bits per heavy atom. The van der Waals surface area contributed by atoms with Gasteiger partial charge in [-0.05, 0) is 11.1 Å². The molecule has 0 aromatic heterocycles. The Labute approximate surface area is 277 Å². The van der Waals surface area contributed by atoms with Crippen LogP contribution in [-0.2, 0) is 21.2 Å². The number of benzene rings is 4. The maximum absolute atomic E-state index is 4.33. The van der Waals surface area contributed by atoms with Crippen molar-refractivity contribution in [3.05, 3.63) is 141 Å². The van der Waals surface area contributed by atoms with Gasteiger partial charge < -0.3 is 0 Å². The van der Waals surface area contributed by atoms with Crippen LogP contribution in [-0.4, -0.2) is 12.5 Å². The van der Waals surface area contributed by atoms with Crippen molar-refractivity contribution in [3.8, 4) is 11.1 Å². The molecular formula is C41H52NSiZr. The first-order valence-corrected chi connectivity index (χ1v) is 25.2. The SMILES string of the molecule is CCCCCCCC[NH][Zr]([C]1=C(C)C(C)=C(C)C1C)[SiH](c1ccccc1)c1ccccc1.c1ccc(-c2ccccc2)cc1. The van der Waals surface area contributed by atoms with Crippen LogP contribution < -0.4 is 13.6 Å². The molecule has 0 radical (unpaired) electrons. The zero-order valence-corrected chi connectivity index (χ0v) is 31.3. The van der Waals surface area contributed by atoms with Gasteiger partial charge in [-0.25, -0.2) is 0 Å². The zero-order valence-electron chi connectivity index (χ0n) is 27.7. The third-order valence-corrected chi connectivity index (χ3v) is 29.1. The molecule has 0 spiro atoms. The minimum Gasteiger partial charge on any atom is -0.0622 e. The van der Waals surface area contributed by atoms with Crippen LogP contribution in [0.1, 0.15) is 73.1 Å². The number of unbranched alkanes of at least 4 members (excludes halogenated alkanes) is 5. The molecule has 44 heavy (non-hydrogen) atoms. The molecule has 0 fully saturated rings. The van der Waals surface area contributed by atoms with Crippen LogP contribution in [0.2, 0.25) is 0 Å². The zero-order chi connectivity index (χ0) is 31.1. The van der Waals surface area contributed by atoms with Crippen LogP contribution >= 0.6 is 0 Å². The smallest absolute Gasteiger partial charge is 0.0184 e. The molecule has 1 aliphatic carbocycles. The van der Waals surface area contributed by atoms with E-state index in [1.165, 1.54) is 56.2 Å². The number of allylic oxidation sites excluding steroid dienone is 4. The molecule has 4 aromatic rings. The molecule has 0 heterocycles. The Bertz CT molecular complexity index is 1370. The summed E-state index contributed by atoms with van der Waals surface area (Å²) >= 11 is -2.15. The van der Waals surface area contributed by atoms with Crippen LogP contribution in [0.3, 0.4) is 0 Å². The van der Waals surface area contributed by atoms with Gasteiger partial charge >= 0.3 is 207 Å². The number of rotatable bonds is 13. The normalized spacial score (nSPS) is 14.5. The summed E-state index contributed by atoms with van der Waals surface area (Å²) in [7, 11) is 0. The van der Waals surface area contributed by atoms with Crippen LogP contribution in [0.15, 0.2) is 141 Å².